The minimum Gasteiger partial charge on any atom is -0.312 e. The topological polar surface area (TPSA) is 57.7 Å². The third-order valence-corrected chi connectivity index (χ3v) is 6.55. The zero-order chi connectivity index (χ0) is 24.7. The highest BCUT2D eigenvalue weighted by molar-refractivity contribution is 5.82. The molecule has 0 saturated heterocycles. The van der Waals surface area contributed by atoms with E-state index in [9.17, 15) is 0 Å². The SMILES string of the molecule is Cc1ccc(CCN(Cc2ccc3ccccc3c2)Cc2nncn2Cc2ccc(C#N)cc2)cc1. The van der Waals surface area contributed by atoms with Crippen molar-refractivity contribution in [1.29, 1.82) is 5.26 Å². The second-order valence-electron chi connectivity index (χ2n) is 9.31. The van der Waals surface area contributed by atoms with Gasteiger partial charge in [-0.15, -0.1) is 10.2 Å². The van der Waals surface area contributed by atoms with Crippen molar-refractivity contribution in [3.63, 3.8) is 0 Å². The predicted octanol–water partition coefficient (Wildman–Crippen LogP) is 5.90. The van der Waals surface area contributed by atoms with E-state index >= 15 is 0 Å². The van der Waals surface area contributed by atoms with Crippen LogP contribution in [0.15, 0.2) is 97.3 Å². The molecule has 0 radical (unpaired) electrons. The molecule has 1 heterocycles. The average Bonchev–Trinajstić information content (AvgIpc) is 3.34. The Bertz CT molecular complexity index is 1480. The van der Waals surface area contributed by atoms with Crippen LogP contribution in [0.1, 0.15) is 33.6 Å². The molecule has 5 nitrogen and oxygen atoms in total. The molecule has 0 aliphatic rings. The van der Waals surface area contributed by atoms with Crippen LogP contribution in [0.5, 0.6) is 0 Å². The van der Waals surface area contributed by atoms with Gasteiger partial charge in [0.25, 0.3) is 0 Å². The van der Waals surface area contributed by atoms with Gasteiger partial charge in [0.05, 0.1) is 24.7 Å². The number of benzene rings is 4. The van der Waals surface area contributed by atoms with Crippen molar-refractivity contribution in [2.24, 2.45) is 0 Å². The number of aryl methyl sites for hydroxylation is 1. The Morgan fingerprint density at radius 3 is 2.31 bits per heavy atom. The Balaban J connectivity index is 1.35. The van der Waals surface area contributed by atoms with Gasteiger partial charge in [0.15, 0.2) is 0 Å². The summed E-state index contributed by atoms with van der Waals surface area (Å²) < 4.78 is 2.10. The molecule has 5 heteroatoms. The quantitative estimate of drug-likeness (QED) is 0.268. The van der Waals surface area contributed by atoms with Crippen LogP contribution in [0.25, 0.3) is 10.8 Å². The normalized spacial score (nSPS) is 11.1. The maximum atomic E-state index is 9.07. The molecule has 0 unspecified atom stereocenters. The zero-order valence-corrected chi connectivity index (χ0v) is 20.5. The van der Waals surface area contributed by atoms with Crippen molar-refractivity contribution < 1.29 is 0 Å². The first kappa shape index (κ1) is 23.5. The van der Waals surface area contributed by atoms with Crippen LogP contribution in [-0.2, 0) is 26.1 Å². The maximum Gasteiger partial charge on any atom is 0.147 e. The maximum absolute atomic E-state index is 9.07. The molecule has 0 fully saturated rings. The lowest BCUT2D eigenvalue weighted by Crippen LogP contribution is -2.27. The number of fused-ring (bicyclic) bond motifs is 1. The van der Waals surface area contributed by atoms with Gasteiger partial charge in [-0.2, -0.15) is 5.26 Å². The van der Waals surface area contributed by atoms with E-state index in [4.69, 9.17) is 5.26 Å². The van der Waals surface area contributed by atoms with Crippen LogP contribution in [0, 0.1) is 18.3 Å². The summed E-state index contributed by atoms with van der Waals surface area (Å²) in [5.41, 5.74) is 5.69. The van der Waals surface area contributed by atoms with Gasteiger partial charge in [0.2, 0.25) is 0 Å². The summed E-state index contributed by atoms with van der Waals surface area (Å²) in [7, 11) is 0. The highest BCUT2D eigenvalue weighted by Gasteiger charge is 2.13. The standard InChI is InChI=1S/C31H29N5/c1-24-6-8-25(9-7-24)16-17-35(20-28-14-15-29-4-2-3-5-30(29)18-28)22-31-34-33-23-36(31)21-27-12-10-26(19-32)11-13-27/h2-15,18,23H,16-17,20-22H2,1H3. The molecule has 36 heavy (non-hydrogen) atoms. The highest BCUT2D eigenvalue weighted by Crippen LogP contribution is 2.18. The molecule has 4 aromatic carbocycles. The van der Waals surface area contributed by atoms with E-state index in [1.807, 2.05) is 24.3 Å². The van der Waals surface area contributed by atoms with Gasteiger partial charge < -0.3 is 4.57 Å². The predicted molar refractivity (Wildman–Crippen MR) is 143 cm³/mol. The second-order valence-corrected chi connectivity index (χ2v) is 9.31. The first-order chi connectivity index (χ1) is 17.7. The van der Waals surface area contributed by atoms with Crippen LogP contribution >= 0.6 is 0 Å². The van der Waals surface area contributed by atoms with Crippen molar-refractivity contribution in [2.45, 2.75) is 33.0 Å². The summed E-state index contributed by atoms with van der Waals surface area (Å²) in [5, 5.41) is 20.3. The van der Waals surface area contributed by atoms with Crippen molar-refractivity contribution in [2.75, 3.05) is 6.54 Å². The van der Waals surface area contributed by atoms with Crippen LogP contribution in [0.3, 0.4) is 0 Å². The van der Waals surface area contributed by atoms with Crippen LogP contribution < -0.4 is 0 Å². The number of aromatic nitrogens is 3. The van der Waals surface area contributed by atoms with Crippen molar-refractivity contribution in [1.82, 2.24) is 19.7 Å². The monoisotopic (exact) mass is 471 g/mol. The van der Waals surface area contributed by atoms with Gasteiger partial charge in [0, 0.05) is 13.1 Å². The Kier molecular flexibility index (Phi) is 7.16. The van der Waals surface area contributed by atoms with E-state index in [1.54, 1.807) is 6.33 Å². The van der Waals surface area contributed by atoms with Gasteiger partial charge >= 0.3 is 0 Å². The summed E-state index contributed by atoms with van der Waals surface area (Å²) in [4.78, 5) is 2.45. The van der Waals surface area contributed by atoms with E-state index in [0.29, 0.717) is 18.7 Å². The van der Waals surface area contributed by atoms with E-state index < -0.39 is 0 Å². The van der Waals surface area contributed by atoms with Crippen LogP contribution in [0.4, 0.5) is 0 Å². The molecular weight excluding hydrogens is 442 g/mol. The molecule has 0 saturated carbocycles. The van der Waals surface area contributed by atoms with E-state index in [0.717, 1.165) is 30.9 Å². The lowest BCUT2D eigenvalue weighted by molar-refractivity contribution is 0.250. The summed E-state index contributed by atoms with van der Waals surface area (Å²) in [6.45, 7) is 5.25. The first-order valence-electron chi connectivity index (χ1n) is 12.3. The molecule has 5 rings (SSSR count). The fourth-order valence-corrected chi connectivity index (χ4v) is 4.47. The summed E-state index contributed by atoms with van der Waals surface area (Å²) in [5.74, 6) is 0.934. The highest BCUT2D eigenvalue weighted by atomic mass is 15.3. The van der Waals surface area contributed by atoms with Crippen LogP contribution in [-0.4, -0.2) is 26.2 Å². The third-order valence-electron chi connectivity index (χ3n) is 6.55. The molecule has 0 aliphatic carbocycles. The Hall–Kier alpha value is -4.27. The smallest absolute Gasteiger partial charge is 0.147 e. The Labute approximate surface area is 212 Å². The summed E-state index contributed by atoms with van der Waals surface area (Å²) in [6.07, 6.45) is 2.76. The van der Waals surface area contributed by atoms with E-state index in [2.05, 4.69) is 99.4 Å². The number of hydrogen-bond acceptors (Lipinski definition) is 4. The summed E-state index contributed by atoms with van der Waals surface area (Å²) in [6, 6.07) is 33.9. The molecule has 178 valence electrons. The van der Waals surface area contributed by atoms with Crippen molar-refractivity contribution in [3.05, 3.63) is 131 Å². The average molecular weight is 472 g/mol. The van der Waals surface area contributed by atoms with Gasteiger partial charge in [-0.05, 0) is 59.0 Å². The minimum atomic E-state index is 0.667. The summed E-state index contributed by atoms with van der Waals surface area (Å²) >= 11 is 0. The fraction of sp³-hybridized carbons (Fsp3) is 0.194. The second kappa shape index (κ2) is 11.0. The zero-order valence-electron chi connectivity index (χ0n) is 20.5. The molecule has 0 aliphatic heterocycles. The van der Waals surface area contributed by atoms with Crippen molar-refractivity contribution >= 4 is 10.8 Å². The molecule has 0 N–H and O–H groups in total. The molecular formula is C31H29N5. The molecule has 0 amide bonds. The van der Waals surface area contributed by atoms with E-state index in [1.165, 1.54) is 27.5 Å². The van der Waals surface area contributed by atoms with Gasteiger partial charge in [0.1, 0.15) is 12.2 Å². The van der Waals surface area contributed by atoms with Gasteiger partial charge in [-0.1, -0.05) is 78.4 Å². The largest absolute Gasteiger partial charge is 0.312 e. The first-order valence-corrected chi connectivity index (χ1v) is 12.3. The van der Waals surface area contributed by atoms with Gasteiger partial charge in [-0.25, -0.2) is 0 Å². The lowest BCUT2D eigenvalue weighted by atomic mass is 10.1. The van der Waals surface area contributed by atoms with E-state index in [-0.39, 0.29) is 0 Å². The number of rotatable bonds is 9. The Morgan fingerprint density at radius 2 is 1.53 bits per heavy atom. The number of nitrogens with zero attached hydrogens (tertiary/aromatic N) is 5. The molecule has 1 aromatic heterocycles. The number of nitriles is 1. The molecule has 0 bridgehead atoms. The third kappa shape index (κ3) is 5.86. The molecule has 0 atom stereocenters. The minimum absolute atomic E-state index is 0.667. The number of hydrogen-bond donors (Lipinski definition) is 0. The van der Waals surface area contributed by atoms with Crippen molar-refractivity contribution in [3.8, 4) is 6.07 Å². The Morgan fingerprint density at radius 1 is 0.806 bits per heavy atom. The fourth-order valence-electron chi connectivity index (χ4n) is 4.47. The molecule has 5 aromatic rings. The van der Waals surface area contributed by atoms with Gasteiger partial charge in [-0.3, -0.25) is 4.90 Å². The molecule has 0 spiro atoms. The van der Waals surface area contributed by atoms with Crippen LogP contribution in [0.2, 0.25) is 0 Å². The lowest BCUT2D eigenvalue weighted by Gasteiger charge is -2.23.